The van der Waals surface area contributed by atoms with Crippen LogP contribution in [-0.2, 0) is 6.54 Å². The van der Waals surface area contributed by atoms with Crippen molar-refractivity contribution in [2.24, 2.45) is 5.84 Å². The van der Waals surface area contributed by atoms with E-state index in [1.54, 1.807) is 0 Å². The summed E-state index contributed by atoms with van der Waals surface area (Å²) in [6, 6.07) is 18.0. The van der Waals surface area contributed by atoms with Crippen molar-refractivity contribution in [1.82, 2.24) is 9.97 Å². The Kier molecular flexibility index (Phi) is 3.43. The molecule has 5 heteroatoms. The zero-order valence-corrected chi connectivity index (χ0v) is 10.9. The summed E-state index contributed by atoms with van der Waals surface area (Å²) < 4.78 is 0. The van der Waals surface area contributed by atoms with Gasteiger partial charge in [0, 0.05) is 11.9 Å². The first-order chi connectivity index (χ1) is 9.86. The van der Waals surface area contributed by atoms with Crippen molar-refractivity contribution in [3.63, 3.8) is 0 Å². The quantitative estimate of drug-likeness (QED) is 0.499. The number of aromatic nitrogens is 2. The topological polar surface area (TPSA) is 75.9 Å². The Balaban J connectivity index is 1.93. The molecule has 0 radical (unpaired) electrons. The molecule has 5 nitrogen and oxygen atoms in total. The number of nitrogens with one attached hydrogen (secondary N) is 2. The molecule has 0 aliphatic carbocycles. The van der Waals surface area contributed by atoms with E-state index in [-0.39, 0.29) is 0 Å². The lowest BCUT2D eigenvalue weighted by Crippen LogP contribution is -2.12. The van der Waals surface area contributed by atoms with Gasteiger partial charge >= 0.3 is 0 Å². The zero-order valence-electron chi connectivity index (χ0n) is 10.9. The molecule has 1 aromatic heterocycles. The Labute approximate surface area is 116 Å². The standard InChI is InChI=1S/C15H15N5/c16-20-15-18-13-9-5-4-8-12(13)14(19-15)17-10-11-6-2-1-3-7-11/h1-9H,10,16H2,(H2,17,18,19,20). The second kappa shape index (κ2) is 5.54. The highest BCUT2D eigenvalue weighted by Gasteiger charge is 2.06. The van der Waals surface area contributed by atoms with E-state index >= 15 is 0 Å². The Morgan fingerprint density at radius 3 is 2.45 bits per heavy atom. The summed E-state index contributed by atoms with van der Waals surface area (Å²) in [4.78, 5) is 8.70. The number of fused-ring (bicyclic) bond motifs is 1. The van der Waals surface area contributed by atoms with Gasteiger partial charge in [0.15, 0.2) is 0 Å². The fraction of sp³-hybridized carbons (Fsp3) is 0.0667. The second-order valence-corrected chi connectivity index (χ2v) is 4.40. The lowest BCUT2D eigenvalue weighted by molar-refractivity contribution is 1.09. The predicted octanol–water partition coefficient (Wildman–Crippen LogP) is 2.53. The third-order valence-corrected chi connectivity index (χ3v) is 3.04. The maximum atomic E-state index is 5.41. The van der Waals surface area contributed by atoms with Crippen LogP contribution in [0.3, 0.4) is 0 Å². The van der Waals surface area contributed by atoms with Gasteiger partial charge in [0.05, 0.1) is 5.52 Å². The number of hydrogen-bond donors (Lipinski definition) is 3. The number of para-hydroxylation sites is 1. The van der Waals surface area contributed by atoms with Crippen molar-refractivity contribution >= 4 is 22.7 Å². The van der Waals surface area contributed by atoms with E-state index in [2.05, 4.69) is 32.8 Å². The van der Waals surface area contributed by atoms with Crippen LogP contribution < -0.4 is 16.6 Å². The summed E-state index contributed by atoms with van der Waals surface area (Å²) in [6.07, 6.45) is 0. The minimum absolute atomic E-state index is 0.402. The molecule has 0 saturated carbocycles. The summed E-state index contributed by atoms with van der Waals surface area (Å²) in [5.41, 5.74) is 4.54. The minimum atomic E-state index is 0.402. The third kappa shape index (κ3) is 2.53. The van der Waals surface area contributed by atoms with Gasteiger partial charge in [-0.3, -0.25) is 5.43 Å². The maximum absolute atomic E-state index is 5.41. The molecule has 1 heterocycles. The molecule has 0 saturated heterocycles. The van der Waals surface area contributed by atoms with Gasteiger partial charge in [-0.2, -0.15) is 4.98 Å². The lowest BCUT2D eigenvalue weighted by atomic mass is 10.2. The number of hydrazine groups is 1. The number of anilines is 2. The fourth-order valence-corrected chi connectivity index (χ4v) is 2.06. The van der Waals surface area contributed by atoms with Crippen LogP contribution in [0.25, 0.3) is 10.9 Å². The van der Waals surface area contributed by atoms with Gasteiger partial charge in [-0.15, -0.1) is 0 Å². The number of nitrogens with two attached hydrogens (primary N) is 1. The number of benzene rings is 2. The summed E-state index contributed by atoms with van der Waals surface area (Å²) >= 11 is 0. The normalized spacial score (nSPS) is 10.4. The van der Waals surface area contributed by atoms with Crippen LogP contribution in [0.2, 0.25) is 0 Å². The summed E-state index contributed by atoms with van der Waals surface area (Å²) in [5.74, 6) is 6.59. The third-order valence-electron chi connectivity index (χ3n) is 3.04. The molecule has 0 atom stereocenters. The first kappa shape index (κ1) is 12.4. The molecule has 0 spiro atoms. The number of nitrogen functional groups attached to an aromatic ring is 1. The summed E-state index contributed by atoms with van der Waals surface area (Å²) in [7, 11) is 0. The largest absolute Gasteiger partial charge is 0.365 e. The van der Waals surface area contributed by atoms with Crippen molar-refractivity contribution < 1.29 is 0 Å². The molecule has 4 N–H and O–H groups in total. The summed E-state index contributed by atoms with van der Waals surface area (Å²) in [6.45, 7) is 0.700. The second-order valence-electron chi connectivity index (χ2n) is 4.40. The molecule has 3 rings (SSSR count). The highest BCUT2D eigenvalue weighted by molar-refractivity contribution is 5.89. The Bertz CT molecular complexity index is 712. The van der Waals surface area contributed by atoms with E-state index in [9.17, 15) is 0 Å². The van der Waals surface area contributed by atoms with Crippen molar-refractivity contribution in [2.75, 3.05) is 10.7 Å². The molecule has 0 aliphatic rings. The van der Waals surface area contributed by atoms with Gasteiger partial charge in [0.25, 0.3) is 0 Å². The molecular weight excluding hydrogens is 250 g/mol. The van der Waals surface area contributed by atoms with Gasteiger partial charge in [0.1, 0.15) is 5.82 Å². The van der Waals surface area contributed by atoms with Gasteiger partial charge < -0.3 is 5.32 Å². The molecular formula is C15H15N5. The van der Waals surface area contributed by atoms with E-state index < -0.39 is 0 Å². The van der Waals surface area contributed by atoms with E-state index in [1.807, 2.05) is 42.5 Å². The highest BCUT2D eigenvalue weighted by Crippen LogP contribution is 2.21. The first-order valence-electron chi connectivity index (χ1n) is 6.38. The average Bonchev–Trinajstić information content (AvgIpc) is 2.53. The Morgan fingerprint density at radius 1 is 0.900 bits per heavy atom. The van der Waals surface area contributed by atoms with Crippen molar-refractivity contribution in [3.05, 3.63) is 60.2 Å². The van der Waals surface area contributed by atoms with Crippen molar-refractivity contribution in [2.45, 2.75) is 6.54 Å². The molecule has 2 aromatic carbocycles. The zero-order chi connectivity index (χ0) is 13.8. The monoisotopic (exact) mass is 265 g/mol. The molecule has 0 aliphatic heterocycles. The van der Waals surface area contributed by atoms with Crippen LogP contribution in [0.15, 0.2) is 54.6 Å². The van der Waals surface area contributed by atoms with Gasteiger partial charge in [0.2, 0.25) is 5.95 Å². The molecule has 3 aromatic rings. The number of hydrogen-bond acceptors (Lipinski definition) is 5. The van der Waals surface area contributed by atoms with Crippen LogP contribution in [0.4, 0.5) is 11.8 Å². The number of nitrogens with zero attached hydrogens (tertiary/aromatic N) is 2. The van der Waals surface area contributed by atoms with Gasteiger partial charge in [-0.25, -0.2) is 10.8 Å². The van der Waals surface area contributed by atoms with E-state index in [0.717, 1.165) is 16.7 Å². The first-order valence-corrected chi connectivity index (χ1v) is 6.38. The summed E-state index contributed by atoms with van der Waals surface area (Å²) in [5, 5.41) is 4.31. The van der Waals surface area contributed by atoms with Crippen molar-refractivity contribution in [3.8, 4) is 0 Å². The molecule has 20 heavy (non-hydrogen) atoms. The smallest absolute Gasteiger partial charge is 0.239 e. The lowest BCUT2D eigenvalue weighted by Gasteiger charge is -2.10. The molecule has 100 valence electrons. The highest BCUT2D eigenvalue weighted by atomic mass is 15.3. The Morgan fingerprint density at radius 2 is 1.65 bits per heavy atom. The molecule has 0 amide bonds. The average molecular weight is 265 g/mol. The van der Waals surface area contributed by atoms with E-state index in [1.165, 1.54) is 5.56 Å². The molecule has 0 unspecified atom stereocenters. The van der Waals surface area contributed by atoms with Crippen LogP contribution in [0.1, 0.15) is 5.56 Å². The van der Waals surface area contributed by atoms with Gasteiger partial charge in [-0.1, -0.05) is 42.5 Å². The Hall–Kier alpha value is -2.66. The van der Waals surface area contributed by atoms with Gasteiger partial charge in [-0.05, 0) is 17.7 Å². The maximum Gasteiger partial charge on any atom is 0.239 e. The van der Waals surface area contributed by atoms with E-state index in [4.69, 9.17) is 5.84 Å². The predicted molar refractivity (Wildman–Crippen MR) is 81.1 cm³/mol. The van der Waals surface area contributed by atoms with Crippen LogP contribution in [0, 0.1) is 0 Å². The van der Waals surface area contributed by atoms with Crippen LogP contribution >= 0.6 is 0 Å². The molecule has 0 fully saturated rings. The minimum Gasteiger partial charge on any atom is -0.365 e. The van der Waals surface area contributed by atoms with Crippen molar-refractivity contribution in [1.29, 1.82) is 0 Å². The fourth-order valence-electron chi connectivity index (χ4n) is 2.06. The van der Waals surface area contributed by atoms with Crippen LogP contribution in [0.5, 0.6) is 0 Å². The SMILES string of the molecule is NNc1nc(NCc2ccccc2)c2ccccc2n1. The molecule has 0 bridgehead atoms. The van der Waals surface area contributed by atoms with E-state index in [0.29, 0.717) is 12.5 Å². The van der Waals surface area contributed by atoms with Crippen LogP contribution in [-0.4, -0.2) is 9.97 Å². The number of rotatable bonds is 4.